The van der Waals surface area contributed by atoms with Gasteiger partial charge in [-0.1, -0.05) is 6.07 Å². The normalized spacial score (nSPS) is 9.82. The molecule has 0 aliphatic rings. The van der Waals surface area contributed by atoms with Crippen molar-refractivity contribution in [2.24, 2.45) is 0 Å². The number of nitrogens with one attached hydrogen (secondary N) is 1. The first-order valence-electron chi connectivity index (χ1n) is 5.26. The Balaban J connectivity index is 2.70. The summed E-state index contributed by atoms with van der Waals surface area (Å²) in [6.45, 7) is 1.81. The van der Waals surface area contributed by atoms with Gasteiger partial charge in [-0.2, -0.15) is 0 Å². The molecule has 0 atom stereocenters. The molecule has 0 aromatic heterocycles. The lowest BCUT2D eigenvalue weighted by Crippen LogP contribution is -2.36. The van der Waals surface area contributed by atoms with E-state index in [4.69, 9.17) is 5.73 Å². The minimum absolute atomic E-state index is 0.0138. The predicted molar refractivity (Wildman–Crippen MR) is 66.6 cm³/mol. The summed E-state index contributed by atoms with van der Waals surface area (Å²) >= 11 is 0. The van der Waals surface area contributed by atoms with Crippen molar-refractivity contribution in [2.45, 2.75) is 6.92 Å². The molecule has 0 fully saturated rings. The molecular formula is C12H17N3O2. The first-order valence-corrected chi connectivity index (χ1v) is 5.26. The van der Waals surface area contributed by atoms with Crippen LogP contribution in [0.1, 0.15) is 15.9 Å². The molecule has 1 aromatic rings. The molecule has 92 valence electrons. The zero-order chi connectivity index (χ0) is 13.0. The van der Waals surface area contributed by atoms with Crippen LogP contribution >= 0.6 is 0 Å². The van der Waals surface area contributed by atoms with Gasteiger partial charge in [-0.15, -0.1) is 0 Å². The van der Waals surface area contributed by atoms with Crippen LogP contribution in [0.4, 0.5) is 5.69 Å². The first kappa shape index (κ1) is 13.0. The molecule has 0 radical (unpaired) electrons. The maximum absolute atomic E-state index is 11.8. The Kier molecular flexibility index (Phi) is 4.09. The van der Waals surface area contributed by atoms with Gasteiger partial charge >= 0.3 is 0 Å². The highest BCUT2D eigenvalue weighted by Gasteiger charge is 2.11. The number of nitrogen functional groups attached to an aromatic ring is 1. The van der Waals surface area contributed by atoms with Crippen LogP contribution in [0, 0.1) is 6.92 Å². The van der Waals surface area contributed by atoms with E-state index in [2.05, 4.69) is 5.32 Å². The number of nitrogens with two attached hydrogens (primary N) is 1. The molecule has 0 aliphatic heterocycles. The molecule has 0 spiro atoms. The van der Waals surface area contributed by atoms with E-state index in [1.54, 1.807) is 32.3 Å². The van der Waals surface area contributed by atoms with Crippen LogP contribution in [0.25, 0.3) is 0 Å². The van der Waals surface area contributed by atoms with Crippen molar-refractivity contribution in [2.75, 3.05) is 26.4 Å². The van der Waals surface area contributed by atoms with E-state index >= 15 is 0 Å². The number of anilines is 1. The summed E-state index contributed by atoms with van der Waals surface area (Å²) in [6.07, 6.45) is 0. The van der Waals surface area contributed by atoms with Crippen LogP contribution in [-0.4, -0.2) is 37.4 Å². The number of nitrogens with zero attached hydrogens (tertiary/aromatic N) is 1. The van der Waals surface area contributed by atoms with E-state index in [9.17, 15) is 9.59 Å². The molecule has 0 bridgehead atoms. The van der Waals surface area contributed by atoms with Crippen molar-refractivity contribution in [1.82, 2.24) is 10.2 Å². The standard InChI is InChI=1S/C12H17N3O2/c1-8-4-5-9(13)6-10(8)12(17)14-7-11(16)15(2)3/h4-6H,7,13H2,1-3H3,(H,14,17). The van der Waals surface area contributed by atoms with Crippen molar-refractivity contribution >= 4 is 17.5 Å². The molecule has 5 heteroatoms. The molecule has 0 heterocycles. The third-order valence-electron chi connectivity index (χ3n) is 2.41. The van der Waals surface area contributed by atoms with Gasteiger partial charge in [-0.3, -0.25) is 9.59 Å². The van der Waals surface area contributed by atoms with E-state index in [1.807, 2.05) is 6.92 Å². The van der Waals surface area contributed by atoms with Crippen LogP contribution in [0.2, 0.25) is 0 Å². The van der Waals surface area contributed by atoms with Crippen molar-refractivity contribution in [3.8, 4) is 0 Å². The second-order valence-corrected chi connectivity index (χ2v) is 4.05. The summed E-state index contributed by atoms with van der Waals surface area (Å²) in [5, 5.41) is 2.56. The van der Waals surface area contributed by atoms with Gasteiger partial charge in [0.2, 0.25) is 5.91 Å². The Hall–Kier alpha value is -2.04. The van der Waals surface area contributed by atoms with Gasteiger partial charge in [0.25, 0.3) is 5.91 Å². The van der Waals surface area contributed by atoms with E-state index in [0.717, 1.165) is 5.56 Å². The lowest BCUT2D eigenvalue weighted by Gasteiger charge is -2.12. The van der Waals surface area contributed by atoms with Crippen molar-refractivity contribution in [1.29, 1.82) is 0 Å². The Morgan fingerprint density at radius 1 is 1.35 bits per heavy atom. The van der Waals surface area contributed by atoms with Gasteiger partial charge in [0.05, 0.1) is 6.54 Å². The molecular weight excluding hydrogens is 218 g/mol. The quantitative estimate of drug-likeness (QED) is 0.744. The Labute approximate surface area is 101 Å². The molecule has 2 amide bonds. The maximum Gasteiger partial charge on any atom is 0.252 e. The van der Waals surface area contributed by atoms with Crippen LogP contribution in [-0.2, 0) is 4.79 Å². The van der Waals surface area contributed by atoms with Crippen molar-refractivity contribution < 1.29 is 9.59 Å². The zero-order valence-electron chi connectivity index (χ0n) is 10.3. The molecule has 0 saturated heterocycles. The fourth-order valence-corrected chi connectivity index (χ4v) is 1.29. The summed E-state index contributed by atoms with van der Waals surface area (Å²) in [6, 6.07) is 5.11. The van der Waals surface area contributed by atoms with Crippen LogP contribution < -0.4 is 11.1 Å². The van der Waals surface area contributed by atoms with Gasteiger partial charge in [-0.05, 0) is 24.6 Å². The first-order chi connectivity index (χ1) is 7.91. The molecule has 1 rings (SSSR count). The molecule has 0 unspecified atom stereocenters. The summed E-state index contributed by atoms with van der Waals surface area (Å²) in [4.78, 5) is 24.5. The highest BCUT2D eigenvalue weighted by Crippen LogP contribution is 2.12. The van der Waals surface area contributed by atoms with Gasteiger partial charge in [0, 0.05) is 25.3 Å². The Bertz CT molecular complexity index is 441. The number of hydrogen-bond donors (Lipinski definition) is 2. The topological polar surface area (TPSA) is 75.4 Å². The van der Waals surface area contributed by atoms with Crippen molar-refractivity contribution in [3.63, 3.8) is 0 Å². The molecule has 17 heavy (non-hydrogen) atoms. The maximum atomic E-state index is 11.8. The van der Waals surface area contributed by atoms with Gasteiger partial charge < -0.3 is 16.0 Å². The zero-order valence-corrected chi connectivity index (χ0v) is 10.3. The second kappa shape index (κ2) is 5.34. The Morgan fingerprint density at radius 2 is 2.00 bits per heavy atom. The highest BCUT2D eigenvalue weighted by atomic mass is 16.2. The smallest absolute Gasteiger partial charge is 0.252 e. The number of amides is 2. The number of carbonyl (C=O) groups excluding carboxylic acids is 2. The van der Waals surface area contributed by atoms with Crippen LogP contribution in [0.5, 0.6) is 0 Å². The van der Waals surface area contributed by atoms with Gasteiger partial charge in [-0.25, -0.2) is 0 Å². The predicted octanol–water partition coefficient (Wildman–Crippen LogP) is 0.395. The average Bonchev–Trinajstić information content (AvgIpc) is 2.28. The van der Waals surface area contributed by atoms with Crippen LogP contribution in [0.3, 0.4) is 0 Å². The molecule has 5 nitrogen and oxygen atoms in total. The summed E-state index contributed by atoms with van der Waals surface area (Å²) in [5.74, 6) is -0.440. The fraction of sp³-hybridized carbons (Fsp3) is 0.333. The van der Waals surface area contributed by atoms with E-state index in [1.165, 1.54) is 4.90 Å². The number of hydrogen-bond acceptors (Lipinski definition) is 3. The lowest BCUT2D eigenvalue weighted by atomic mass is 10.1. The average molecular weight is 235 g/mol. The number of carbonyl (C=O) groups is 2. The third kappa shape index (κ3) is 3.48. The fourth-order valence-electron chi connectivity index (χ4n) is 1.29. The third-order valence-corrected chi connectivity index (χ3v) is 2.41. The molecule has 1 aromatic carbocycles. The van der Waals surface area contributed by atoms with Crippen molar-refractivity contribution in [3.05, 3.63) is 29.3 Å². The summed E-state index contributed by atoms with van der Waals surface area (Å²) < 4.78 is 0. The Morgan fingerprint density at radius 3 is 2.59 bits per heavy atom. The number of likely N-dealkylation sites (N-methyl/N-ethyl adjacent to an activating group) is 1. The second-order valence-electron chi connectivity index (χ2n) is 4.05. The SMILES string of the molecule is Cc1ccc(N)cc1C(=O)NCC(=O)N(C)C. The van der Waals surface area contributed by atoms with Gasteiger partial charge in [0.15, 0.2) is 0 Å². The van der Waals surface area contributed by atoms with E-state index < -0.39 is 0 Å². The van der Waals surface area contributed by atoms with E-state index in [-0.39, 0.29) is 18.4 Å². The van der Waals surface area contributed by atoms with E-state index in [0.29, 0.717) is 11.3 Å². The largest absolute Gasteiger partial charge is 0.399 e. The van der Waals surface area contributed by atoms with Gasteiger partial charge in [0.1, 0.15) is 0 Å². The molecule has 0 aliphatic carbocycles. The highest BCUT2D eigenvalue weighted by molar-refractivity contribution is 5.98. The number of rotatable bonds is 3. The summed E-state index contributed by atoms with van der Waals surface area (Å²) in [7, 11) is 3.28. The van der Waals surface area contributed by atoms with Crippen LogP contribution in [0.15, 0.2) is 18.2 Å². The number of aryl methyl sites for hydroxylation is 1. The summed E-state index contributed by atoms with van der Waals surface area (Å²) in [5.41, 5.74) is 7.47. The lowest BCUT2D eigenvalue weighted by molar-refractivity contribution is -0.127. The minimum Gasteiger partial charge on any atom is -0.399 e. The monoisotopic (exact) mass is 235 g/mol. The molecule has 3 N–H and O–H groups in total. The number of benzene rings is 1. The molecule has 0 saturated carbocycles. The minimum atomic E-state index is -0.287.